The fourth-order valence-corrected chi connectivity index (χ4v) is 1.67. The van der Waals surface area contributed by atoms with Crippen molar-refractivity contribution >= 4 is 5.82 Å². The molecule has 14 heavy (non-hydrogen) atoms. The molecule has 3 N–H and O–H groups in total. The summed E-state index contributed by atoms with van der Waals surface area (Å²) in [6, 6.07) is 3.82. The number of nitrogens with one attached hydrogen (secondary N) is 1. The zero-order chi connectivity index (χ0) is 9.86. The van der Waals surface area contributed by atoms with E-state index in [4.69, 9.17) is 5.73 Å². The molecular weight excluding hydrogens is 176 g/mol. The Morgan fingerprint density at radius 3 is 2.93 bits per heavy atom. The third kappa shape index (κ3) is 2.20. The van der Waals surface area contributed by atoms with Crippen LogP contribution in [0.4, 0.5) is 5.82 Å². The van der Waals surface area contributed by atoms with E-state index in [-0.39, 0.29) is 0 Å². The second-order valence-corrected chi connectivity index (χ2v) is 4.00. The van der Waals surface area contributed by atoms with Crippen LogP contribution in [0.2, 0.25) is 0 Å². The fraction of sp³-hybridized carbons (Fsp3) is 0.600. The fourth-order valence-electron chi connectivity index (χ4n) is 1.67. The Hall–Kier alpha value is -1.16. The van der Waals surface area contributed by atoms with Gasteiger partial charge in [0, 0.05) is 12.7 Å². The predicted octanol–water partition coefficient (Wildman–Crippen LogP) is 1.02. The van der Waals surface area contributed by atoms with Crippen molar-refractivity contribution in [3.05, 3.63) is 18.3 Å². The molecule has 1 aromatic heterocycles. The Labute approximate surface area is 83.9 Å². The average molecular weight is 192 g/mol. The van der Waals surface area contributed by atoms with Crippen LogP contribution in [0.25, 0.3) is 0 Å². The number of hydrogen-bond acceptors (Lipinski definition) is 4. The minimum absolute atomic E-state index is 0.451. The molecule has 2 rings (SSSR count). The van der Waals surface area contributed by atoms with E-state index in [9.17, 15) is 0 Å². The van der Waals surface area contributed by atoms with Crippen LogP contribution >= 0.6 is 0 Å². The summed E-state index contributed by atoms with van der Waals surface area (Å²) in [5, 5.41) is 11.1. The van der Waals surface area contributed by atoms with Crippen molar-refractivity contribution in [1.82, 2.24) is 10.2 Å². The monoisotopic (exact) mass is 192 g/mol. The summed E-state index contributed by atoms with van der Waals surface area (Å²) in [5.41, 5.74) is 6.02. The van der Waals surface area contributed by atoms with Crippen LogP contribution in [0.3, 0.4) is 0 Å². The van der Waals surface area contributed by atoms with Gasteiger partial charge >= 0.3 is 0 Å². The lowest BCUT2D eigenvalue weighted by molar-refractivity contribution is 0.500. The van der Waals surface area contributed by atoms with Gasteiger partial charge in [-0.1, -0.05) is 0 Å². The quantitative estimate of drug-likeness (QED) is 0.731. The zero-order valence-electron chi connectivity index (χ0n) is 8.24. The number of nitrogens with zero attached hydrogens (tertiary/aromatic N) is 2. The topological polar surface area (TPSA) is 63.8 Å². The molecule has 4 heteroatoms. The number of anilines is 1. The number of hydrogen-bond donors (Lipinski definition) is 2. The molecule has 1 aromatic rings. The summed E-state index contributed by atoms with van der Waals surface area (Å²) in [6.07, 6.45) is 5.37. The first-order valence-electron chi connectivity index (χ1n) is 5.06. The molecule has 0 atom stereocenters. The van der Waals surface area contributed by atoms with Crippen LogP contribution in [-0.2, 0) is 0 Å². The normalized spacial score (nSPS) is 17.8. The highest BCUT2D eigenvalue weighted by Crippen LogP contribution is 2.48. The molecule has 1 fully saturated rings. The Morgan fingerprint density at radius 1 is 1.50 bits per heavy atom. The maximum absolute atomic E-state index is 5.57. The van der Waals surface area contributed by atoms with E-state index in [1.54, 1.807) is 6.20 Å². The number of rotatable bonds is 5. The van der Waals surface area contributed by atoms with E-state index in [2.05, 4.69) is 15.5 Å². The standard InChI is InChI=1S/C10H16N4/c11-6-5-10(3-4-10)8-12-9-2-1-7-13-14-9/h1-2,7H,3-6,8,11H2,(H,12,14). The van der Waals surface area contributed by atoms with Crippen molar-refractivity contribution in [2.45, 2.75) is 19.3 Å². The minimum atomic E-state index is 0.451. The summed E-state index contributed by atoms with van der Waals surface area (Å²) in [6.45, 7) is 1.76. The van der Waals surface area contributed by atoms with Crippen molar-refractivity contribution in [2.24, 2.45) is 11.1 Å². The molecule has 1 saturated carbocycles. The van der Waals surface area contributed by atoms with Gasteiger partial charge < -0.3 is 11.1 Å². The van der Waals surface area contributed by atoms with Crippen molar-refractivity contribution in [3.63, 3.8) is 0 Å². The zero-order valence-corrected chi connectivity index (χ0v) is 8.24. The summed E-state index contributed by atoms with van der Waals surface area (Å²) in [4.78, 5) is 0. The first kappa shape index (κ1) is 9.40. The summed E-state index contributed by atoms with van der Waals surface area (Å²) >= 11 is 0. The molecule has 1 aliphatic rings. The first-order valence-corrected chi connectivity index (χ1v) is 5.06. The molecule has 0 aromatic carbocycles. The van der Waals surface area contributed by atoms with Crippen LogP contribution in [0, 0.1) is 5.41 Å². The molecule has 1 aliphatic carbocycles. The van der Waals surface area contributed by atoms with Crippen molar-refractivity contribution in [1.29, 1.82) is 0 Å². The van der Waals surface area contributed by atoms with Gasteiger partial charge in [-0.05, 0) is 43.4 Å². The van der Waals surface area contributed by atoms with Gasteiger partial charge in [0.2, 0.25) is 0 Å². The van der Waals surface area contributed by atoms with E-state index >= 15 is 0 Å². The SMILES string of the molecule is NCCC1(CNc2cccnn2)CC1. The summed E-state index contributed by atoms with van der Waals surface area (Å²) in [5.74, 6) is 0.857. The number of aromatic nitrogens is 2. The van der Waals surface area contributed by atoms with Gasteiger partial charge in [0.15, 0.2) is 0 Å². The van der Waals surface area contributed by atoms with E-state index < -0.39 is 0 Å². The third-order valence-electron chi connectivity index (χ3n) is 2.85. The van der Waals surface area contributed by atoms with Crippen molar-refractivity contribution in [3.8, 4) is 0 Å². The van der Waals surface area contributed by atoms with E-state index in [1.807, 2.05) is 12.1 Å². The largest absolute Gasteiger partial charge is 0.368 e. The summed E-state index contributed by atoms with van der Waals surface area (Å²) in [7, 11) is 0. The molecule has 0 spiro atoms. The maximum atomic E-state index is 5.57. The van der Waals surface area contributed by atoms with Crippen LogP contribution < -0.4 is 11.1 Å². The van der Waals surface area contributed by atoms with Gasteiger partial charge in [-0.15, -0.1) is 5.10 Å². The lowest BCUT2D eigenvalue weighted by atomic mass is 10.0. The molecule has 1 heterocycles. The Kier molecular flexibility index (Phi) is 2.63. The Balaban J connectivity index is 1.83. The van der Waals surface area contributed by atoms with Gasteiger partial charge in [-0.3, -0.25) is 0 Å². The summed E-state index contributed by atoms with van der Waals surface area (Å²) < 4.78 is 0. The van der Waals surface area contributed by atoms with E-state index in [0.29, 0.717) is 5.41 Å². The van der Waals surface area contributed by atoms with Crippen molar-refractivity contribution < 1.29 is 0 Å². The average Bonchev–Trinajstić information content (AvgIpc) is 2.98. The molecule has 0 saturated heterocycles. The van der Waals surface area contributed by atoms with Gasteiger partial charge in [-0.2, -0.15) is 5.10 Å². The van der Waals surface area contributed by atoms with Gasteiger partial charge in [0.25, 0.3) is 0 Å². The van der Waals surface area contributed by atoms with E-state index in [0.717, 1.165) is 25.3 Å². The molecule has 0 radical (unpaired) electrons. The highest BCUT2D eigenvalue weighted by atomic mass is 15.2. The van der Waals surface area contributed by atoms with E-state index in [1.165, 1.54) is 12.8 Å². The van der Waals surface area contributed by atoms with Crippen LogP contribution in [-0.4, -0.2) is 23.3 Å². The minimum Gasteiger partial charge on any atom is -0.368 e. The van der Waals surface area contributed by atoms with Gasteiger partial charge in [-0.25, -0.2) is 0 Å². The maximum Gasteiger partial charge on any atom is 0.148 e. The second-order valence-electron chi connectivity index (χ2n) is 4.00. The highest BCUT2D eigenvalue weighted by Gasteiger charge is 2.41. The molecule has 0 amide bonds. The smallest absolute Gasteiger partial charge is 0.148 e. The van der Waals surface area contributed by atoms with Gasteiger partial charge in [0.05, 0.1) is 0 Å². The molecule has 76 valence electrons. The van der Waals surface area contributed by atoms with Crippen LogP contribution in [0.5, 0.6) is 0 Å². The van der Waals surface area contributed by atoms with Crippen molar-refractivity contribution in [2.75, 3.05) is 18.4 Å². The molecular formula is C10H16N4. The molecule has 0 aliphatic heterocycles. The first-order chi connectivity index (χ1) is 6.85. The lowest BCUT2D eigenvalue weighted by Gasteiger charge is -2.14. The molecule has 0 bridgehead atoms. The molecule has 0 unspecified atom stereocenters. The number of nitrogens with two attached hydrogens (primary N) is 1. The van der Waals surface area contributed by atoms with Gasteiger partial charge in [0.1, 0.15) is 5.82 Å². The second kappa shape index (κ2) is 3.92. The highest BCUT2D eigenvalue weighted by molar-refractivity contribution is 5.32. The third-order valence-corrected chi connectivity index (χ3v) is 2.85. The van der Waals surface area contributed by atoms with Crippen LogP contribution in [0.15, 0.2) is 18.3 Å². The van der Waals surface area contributed by atoms with Crippen LogP contribution in [0.1, 0.15) is 19.3 Å². The predicted molar refractivity (Wildman–Crippen MR) is 55.9 cm³/mol. The lowest BCUT2D eigenvalue weighted by Crippen LogP contribution is -2.19. The Bertz CT molecular complexity index is 281. The molecule has 4 nitrogen and oxygen atoms in total. The Morgan fingerprint density at radius 2 is 2.36 bits per heavy atom.